The van der Waals surface area contributed by atoms with E-state index in [2.05, 4.69) is 73.8 Å². The van der Waals surface area contributed by atoms with E-state index in [9.17, 15) is 0 Å². The van der Waals surface area contributed by atoms with Crippen LogP contribution >= 0.6 is 87.6 Å². The first-order valence-corrected chi connectivity index (χ1v) is 7.80. The lowest BCUT2D eigenvalue weighted by atomic mass is 10.0. The van der Waals surface area contributed by atoms with Crippen LogP contribution in [0.3, 0.4) is 0 Å². The van der Waals surface area contributed by atoms with Crippen LogP contribution in [0.25, 0.3) is 0 Å². The van der Waals surface area contributed by atoms with Gasteiger partial charge in [0, 0.05) is 0 Å². The van der Waals surface area contributed by atoms with Crippen molar-refractivity contribution in [1.82, 2.24) is 10.6 Å². The Morgan fingerprint density at radius 1 is 1.00 bits per heavy atom. The van der Waals surface area contributed by atoms with Crippen LogP contribution in [-0.2, 0) is 0 Å². The molecule has 0 saturated heterocycles. The van der Waals surface area contributed by atoms with Gasteiger partial charge in [-0.1, -0.05) is 24.4 Å². The zero-order valence-electron chi connectivity index (χ0n) is 8.20. The number of thiol groups is 5. The van der Waals surface area contributed by atoms with E-state index in [0.717, 1.165) is 0 Å². The Morgan fingerprint density at radius 2 is 1.44 bits per heavy atom. The molecule has 2 atom stereocenters. The largest absolute Gasteiger partial charge is 0.365 e. The predicted octanol–water partition coefficient (Wildman–Crippen LogP) is 1.70. The quantitative estimate of drug-likeness (QED) is 0.225. The van der Waals surface area contributed by atoms with Crippen molar-refractivity contribution in [3.8, 4) is 0 Å². The van der Waals surface area contributed by atoms with E-state index in [4.69, 9.17) is 24.4 Å². The summed E-state index contributed by atoms with van der Waals surface area (Å²) in [5.41, 5.74) is 0. The molecule has 0 bridgehead atoms. The van der Waals surface area contributed by atoms with Gasteiger partial charge < -0.3 is 10.6 Å². The Labute approximate surface area is 135 Å². The lowest BCUT2D eigenvalue weighted by Gasteiger charge is -2.31. The number of hydrogen-bond acceptors (Lipinski definition) is 5. The summed E-state index contributed by atoms with van der Waals surface area (Å²) >= 11 is 30.8. The lowest BCUT2D eigenvalue weighted by Crippen LogP contribution is -2.51. The number of rotatable bonds is 6. The highest BCUT2D eigenvalue weighted by Gasteiger charge is 2.26. The maximum atomic E-state index is 4.91. The van der Waals surface area contributed by atoms with E-state index in [1.54, 1.807) is 0 Å². The van der Waals surface area contributed by atoms with Crippen molar-refractivity contribution in [3.63, 3.8) is 0 Å². The monoisotopic (exact) mass is 350 g/mol. The molecule has 0 aromatic heterocycles. The van der Waals surface area contributed by atoms with Crippen LogP contribution in [0.4, 0.5) is 0 Å². The van der Waals surface area contributed by atoms with Gasteiger partial charge in [0.25, 0.3) is 0 Å². The Kier molecular flexibility index (Phi) is 10.4. The molecule has 94 valence electrons. The first-order valence-electron chi connectivity index (χ1n) is 4.31. The molecule has 0 spiro atoms. The third-order valence-corrected chi connectivity index (χ3v) is 3.76. The van der Waals surface area contributed by atoms with Gasteiger partial charge in [-0.3, -0.25) is 0 Å². The topological polar surface area (TPSA) is 24.1 Å². The highest BCUT2D eigenvalue weighted by Crippen LogP contribution is 2.15. The van der Waals surface area contributed by atoms with E-state index < -0.39 is 0 Å². The molecule has 2 unspecified atom stereocenters. The van der Waals surface area contributed by atoms with Crippen LogP contribution in [0.15, 0.2) is 0 Å². The molecular formula is C7H14N2S7. The fourth-order valence-electron chi connectivity index (χ4n) is 1.10. The van der Waals surface area contributed by atoms with Gasteiger partial charge in [-0.2, -0.15) is 37.9 Å². The molecule has 0 aliphatic rings. The maximum Gasteiger partial charge on any atom is 0.131 e. The van der Waals surface area contributed by atoms with Gasteiger partial charge in [0.1, 0.15) is 8.64 Å². The molecule has 0 amide bonds. The summed E-state index contributed by atoms with van der Waals surface area (Å²) in [6.07, 6.45) is 0. The fourth-order valence-corrected chi connectivity index (χ4v) is 3.20. The van der Waals surface area contributed by atoms with Gasteiger partial charge in [0.2, 0.25) is 0 Å². The summed E-state index contributed by atoms with van der Waals surface area (Å²) in [5, 5.41) is 5.76. The molecule has 0 aliphatic heterocycles. The second-order valence-corrected chi connectivity index (χ2v) is 6.60. The van der Waals surface area contributed by atoms with Gasteiger partial charge in [-0.15, -0.1) is 25.3 Å². The second kappa shape index (κ2) is 9.46. The molecular weight excluding hydrogens is 337 g/mol. The lowest BCUT2D eigenvalue weighted by molar-refractivity contribution is 0.447. The average molecular weight is 351 g/mol. The zero-order chi connectivity index (χ0) is 12.7. The van der Waals surface area contributed by atoms with Crippen molar-refractivity contribution in [1.29, 1.82) is 0 Å². The zero-order valence-corrected chi connectivity index (χ0v) is 14.3. The van der Waals surface area contributed by atoms with Gasteiger partial charge in [0.05, 0.1) is 11.4 Å². The molecule has 0 radical (unpaired) electrons. The highest BCUT2D eigenvalue weighted by molar-refractivity contribution is 8.11. The Balaban J connectivity index is 4.62. The summed E-state index contributed by atoms with van der Waals surface area (Å²) in [6.45, 7) is 0. The first kappa shape index (κ1) is 17.5. The minimum absolute atomic E-state index is 0.0616. The summed E-state index contributed by atoms with van der Waals surface area (Å²) in [5.74, 6) is 1.51. The molecule has 9 heteroatoms. The SMILES string of the molecule is S=C(S)NC(S)C(NC(=S)S)C(CS)CS. The molecule has 2 nitrogen and oxygen atoms in total. The fraction of sp³-hybridized carbons (Fsp3) is 0.714. The van der Waals surface area contributed by atoms with E-state index in [1.807, 2.05) is 0 Å². The van der Waals surface area contributed by atoms with Crippen molar-refractivity contribution in [2.75, 3.05) is 11.5 Å². The Morgan fingerprint density at radius 3 is 1.75 bits per heavy atom. The summed E-state index contributed by atoms with van der Waals surface area (Å²) < 4.78 is 0.790. The minimum Gasteiger partial charge on any atom is -0.365 e. The average Bonchev–Trinajstić information content (AvgIpc) is 2.16. The molecule has 0 aromatic carbocycles. The Hall–Kier alpha value is 1.53. The summed E-state index contributed by atoms with van der Waals surface area (Å²) in [7, 11) is 0. The minimum atomic E-state index is -0.223. The van der Waals surface area contributed by atoms with Crippen molar-refractivity contribution in [2.24, 2.45) is 5.92 Å². The van der Waals surface area contributed by atoms with Crippen molar-refractivity contribution >= 4 is 96.2 Å². The molecule has 2 N–H and O–H groups in total. The predicted molar refractivity (Wildman–Crippen MR) is 97.2 cm³/mol. The van der Waals surface area contributed by atoms with Crippen LogP contribution in [0.1, 0.15) is 0 Å². The van der Waals surface area contributed by atoms with Crippen LogP contribution < -0.4 is 10.6 Å². The van der Waals surface area contributed by atoms with Crippen molar-refractivity contribution in [3.05, 3.63) is 0 Å². The summed E-state index contributed by atoms with van der Waals surface area (Å²) in [4.78, 5) is 0. The van der Waals surface area contributed by atoms with Crippen LogP contribution in [-0.4, -0.2) is 31.6 Å². The van der Waals surface area contributed by atoms with Crippen molar-refractivity contribution in [2.45, 2.75) is 11.4 Å². The van der Waals surface area contributed by atoms with Crippen LogP contribution in [0.2, 0.25) is 0 Å². The summed E-state index contributed by atoms with van der Waals surface area (Å²) in [6, 6.07) is -0.0616. The van der Waals surface area contributed by atoms with Gasteiger partial charge in [0.15, 0.2) is 0 Å². The number of nitrogens with one attached hydrogen (secondary N) is 2. The van der Waals surface area contributed by atoms with Gasteiger partial charge in [-0.25, -0.2) is 0 Å². The first-order chi connectivity index (χ1) is 7.42. The third kappa shape index (κ3) is 7.07. The van der Waals surface area contributed by atoms with E-state index in [0.29, 0.717) is 20.1 Å². The van der Waals surface area contributed by atoms with Crippen LogP contribution in [0, 0.1) is 5.92 Å². The number of thiocarbonyl (C=S) groups is 2. The second-order valence-electron chi connectivity index (χ2n) is 2.99. The van der Waals surface area contributed by atoms with Gasteiger partial charge >= 0.3 is 0 Å². The Bertz CT molecular complexity index is 243. The molecule has 0 fully saturated rings. The van der Waals surface area contributed by atoms with Crippen molar-refractivity contribution < 1.29 is 0 Å². The standard InChI is InChI=1S/C7H14N2S7/c10-1-3(2-11)4(8-6(13)14)5(12)9-7(15)16/h3-5,10-12H,1-2H2,(H2,8,13,14)(H2,9,15,16). The van der Waals surface area contributed by atoms with E-state index >= 15 is 0 Å². The molecule has 16 heavy (non-hydrogen) atoms. The van der Waals surface area contributed by atoms with E-state index in [-0.39, 0.29) is 17.3 Å². The molecule has 0 heterocycles. The third-order valence-electron chi connectivity index (χ3n) is 1.88. The smallest absolute Gasteiger partial charge is 0.131 e. The molecule has 0 rings (SSSR count). The highest BCUT2D eigenvalue weighted by atomic mass is 32.1. The molecule has 0 saturated carbocycles. The molecule has 0 aliphatic carbocycles. The maximum absolute atomic E-state index is 4.91. The van der Waals surface area contributed by atoms with Crippen LogP contribution in [0.5, 0.6) is 0 Å². The number of hydrogen-bond donors (Lipinski definition) is 7. The normalized spacial score (nSPS) is 14.4. The van der Waals surface area contributed by atoms with Gasteiger partial charge in [-0.05, 0) is 17.4 Å². The molecule has 0 aromatic rings. The van der Waals surface area contributed by atoms with E-state index in [1.165, 1.54) is 0 Å².